The molecule has 4 rings (SSSR count). The lowest BCUT2D eigenvalue weighted by Gasteiger charge is -2.39. The summed E-state index contributed by atoms with van der Waals surface area (Å²) >= 11 is 1.56. The van der Waals surface area contributed by atoms with E-state index in [4.69, 9.17) is 0 Å². The summed E-state index contributed by atoms with van der Waals surface area (Å²) in [5.41, 5.74) is 0.797. The van der Waals surface area contributed by atoms with E-state index in [-0.39, 0.29) is 18.0 Å². The van der Waals surface area contributed by atoms with Crippen LogP contribution in [0.3, 0.4) is 0 Å². The van der Waals surface area contributed by atoms with Gasteiger partial charge in [0.1, 0.15) is 0 Å². The van der Waals surface area contributed by atoms with Gasteiger partial charge in [-0.15, -0.1) is 0 Å². The summed E-state index contributed by atoms with van der Waals surface area (Å²) < 4.78 is 0. The van der Waals surface area contributed by atoms with Gasteiger partial charge in [0.15, 0.2) is 0 Å². The fourth-order valence-electron chi connectivity index (χ4n) is 3.77. The van der Waals surface area contributed by atoms with Crippen molar-refractivity contribution < 1.29 is 9.59 Å². The number of hydrogen-bond donors (Lipinski definition) is 0. The van der Waals surface area contributed by atoms with Crippen molar-refractivity contribution in [1.82, 2.24) is 9.80 Å². The Hall–Kier alpha value is -1.36. The minimum absolute atomic E-state index is 0.143. The summed E-state index contributed by atoms with van der Waals surface area (Å²) in [5, 5.41) is 3.87. The minimum atomic E-state index is 0.143. The van der Waals surface area contributed by atoms with Crippen LogP contribution in [0.5, 0.6) is 0 Å². The van der Waals surface area contributed by atoms with Crippen molar-refractivity contribution >= 4 is 23.2 Å². The lowest BCUT2D eigenvalue weighted by molar-refractivity contribution is -0.137. The van der Waals surface area contributed by atoms with E-state index in [0.717, 1.165) is 31.5 Å². The van der Waals surface area contributed by atoms with Gasteiger partial charge in [0.05, 0.1) is 17.6 Å². The molecule has 0 spiro atoms. The predicted molar refractivity (Wildman–Crippen MR) is 81.2 cm³/mol. The van der Waals surface area contributed by atoms with Crippen LogP contribution in [0, 0.1) is 5.92 Å². The van der Waals surface area contributed by atoms with E-state index in [1.165, 1.54) is 12.8 Å². The molecule has 0 unspecified atom stereocenters. The van der Waals surface area contributed by atoms with Crippen molar-refractivity contribution in [3.8, 4) is 0 Å². The molecule has 5 heteroatoms. The number of hydrogen-bond acceptors (Lipinski definition) is 3. The van der Waals surface area contributed by atoms with E-state index in [0.29, 0.717) is 18.2 Å². The minimum Gasteiger partial charge on any atom is -0.337 e. The SMILES string of the molecule is O=C1CC[C@H]2[C@H](CCN2C(=O)c2ccsc2)N1CC1CC1. The predicted octanol–water partition coefficient (Wildman–Crippen LogP) is 2.36. The third kappa shape index (κ3) is 2.37. The van der Waals surface area contributed by atoms with Crippen LogP contribution in [0.2, 0.25) is 0 Å². The molecule has 0 N–H and O–H groups in total. The summed E-state index contributed by atoms with van der Waals surface area (Å²) in [6.07, 6.45) is 4.90. The number of carbonyl (C=O) groups excluding carboxylic acids is 2. The van der Waals surface area contributed by atoms with E-state index >= 15 is 0 Å². The lowest BCUT2D eigenvalue weighted by atomic mass is 9.95. The normalized spacial score (nSPS) is 28.9. The highest BCUT2D eigenvalue weighted by molar-refractivity contribution is 7.08. The Morgan fingerprint density at radius 2 is 2.10 bits per heavy atom. The molecular weight excluding hydrogens is 284 g/mol. The topological polar surface area (TPSA) is 40.6 Å². The van der Waals surface area contributed by atoms with Gasteiger partial charge in [-0.1, -0.05) is 0 Å². The second-order valence-electron chi connectivity index (χ2n) is 6.46. The fourth-order valence-corrected chi connectivity index (χ4v) is 4.40. The maximum atomic E-state index is 12.6. The van der Waals surface area contributed by atoms with Crippen molar-refractivity contribution in [3.05, 3.63) is 22.4 Å². The van der Waals surface area contributed by atoms with E-state index in [2.05, 4.69) is 4.90 Å². The molecule has 2 atom stereocenters. The largest absolute Gasteiger partial charge is 0.337 e. The Morgan fingerprint density at radius 1 is 1.24 bits per heavy atom. The molecule has 4 nitrogen and oxygen atoms in total. The molecule has 0 bridgehead atoms. The number of amides is 2. The van der Waals surface area contributed by atoms with Crippen LogP contribution < -0.4 is 0 Å². The van der Waals surface area contributed by atoms with Crippen LogP contribution in [0.4, 0.5) is 0 Å². The molecule has 2 amide bonds. The average molecular weight is 304 g/mol. The van der Waals surface area contributed by atoms with Gasteiger partial charge >= 0.3 is 0 Å². The Morgan fingerprint density at radius 3 is 2.81 bits per heavy atom. The highest BCUT2D eigenvalue weighted by Gasteiger charge is 2.46. The number of likely N-dealkylation sites (tertiary alicyclic amines) is 2. The molecule has 1 saturated carbocycles. The van der Waals surface area contributed by atoms with Crippen molar-refractivity contribution in [1.29, 1.82) is 0 Å². The Labute approximate surface area is 128 Å². The molecule has 0 radical (unpaired) electrons. The number of fused-ring (bicyclic) bond motifs is 1. The number of nitrogens with zero attached hydrogens (tertiary/aromatic N) is 2. The molecule has 3 aliphatic rings. The quantitative estimate of drug-likeness (QED) is 0.860. The van der Waals surface area contributed by atoms with Crippen LogP contribution in [0.1, 0.15) is 42.5 Å². The zero-order valence-corrected chi connectivity index (χ0v) is 12.8. The van der Waals surface area contributed by atoms with Crippen molar-refractivity contribution in [2.75, 3.05) is 13.1 Å². The summed E-state index contributed by atoms with van der Waals surface area (Å²) in [5.74, 6) is 1.16. The second kappa shape index (κ2) is 5.13. The Balaban J connectivity index is 1.52. The molecule has 1 aliphatic carbocycles. The standard InChI is InChI=1S/C16H20N2O2S/c19-15-4-3-13-14(18(15)9-11-1-2-11)5-7-17(13)16(20)12-6-8-21-10-12/h6,8,10-11,13-14H,1-5,7,9H2/t13-,14-/m0/s1. The van der Waals surface area contributed by atoms with E-state index in [9.17, 15) is 9.59 Å². The summed E-state index contributed by atoms with van der Waals surface area (Å²) in [6, 6.07) is 2.39. The Kier molecular flexibility index (Phi) is 3.25. The molecule has 3 heterocycles. The molecule has 2 aliphatic heterocycles. The van der Waals surface area contributed by atoms with Gasteiger partial charge in [-0.2, -0.15) is 11.3 Å². The molecular formula is C16H20N2O2S. The molecule has 2 saturated heterocycles. The molecule has 1 aromatic rings. The average Bonchev–Trinajstić information content (AvgIpc) is 3.00. The third-order valence-electron chi connectivity index (χ3n) is 5.07. The fraction of sp³-hybridized carbons (Fsp3) is 0.625. The van der Waals surface area contributed by atoms with Gasteiger partial charge in [-0.25, -0.2) is 0 Å². The summed E-state index contributed by atoms with van der Waals surface area (Å²) in [7, 11) is 0. The second-order valence-corrected chi connectivity index (χ2v) is 7.24. The van der Waals surface area contributed by atoms with Crippen molar-refractivity contribution in [3.63, 3.8) is 0 Å². The highest BCUT2D eigenvalue weighted by atomic mass is 32.1. The van der Waals surface area contributed by atoms with Gasteiger partial charge in [-0.05, 0) is 43.0 Å². The highest BCUT2D eigenvalue weighted by Crippen LogP contribution is 2.37. The van der Waals surface area contributed by atoms with E-state index in [1.54, 1.807) is 11.3 Å². The maximum absolute atomic E-state index is 12.6. The summed E-state index contributed by atoms with van der Waals surface area (Å²) in [4.78, 5) is 28.9. The monoisotopic (exact) mass is 304 g/mol. The van der Waals surface area contributed by atoms with Crippen LogP contribution in [-0.2, 0) is 4.79 Å². The zero-order chi connectivity index (χ0) is 14.4. The summed E-state index contributed by atoms with van der Waals surface area (Å²) in [6.45, 7) is 1.71. The first-order valence-electron chi connectivity index (χ1n) is 7.86. The molecule has 21 heavy (non-hydrogen) atoms. The van der Waals surface area contributed by atoms with E-state index in [1.807, 2.05) is 21.7 Å². The molecule has 1 aromatic heterocycles. The number of carbonyl (C=O) groups is 2. The van der Waals surface area contributed by atoms with Crippen LogP contribution >= 0.6 is 11.3 Å². The van der Waals surface area contributed by atoms with Gasteiger partial charge in [0.2, 0.25) is 5.91 Å². The molecule has 3 fully saturated rings. The van der Waals surface area contributed by atoms with Crippen LogP contribution in [0.25, 0.3) is 0 Å². The number of piperidine rings is 1. The number of rotatable bonds is 3. The van der Waals surface area contributed by atoms with Crippen molar-refractivity contribution in [2.45, 2.75) is 44.2 Å². The lowest BCUT2D eigenvalue weighted by Crippen LogP contribution is -2.53. The van der Waals surface area contributed by atoms with E-state index < -0.39 is 0 Å². The van der Waals surface area contributed by atoms with Crippen LogP contribution in [-0.4, -0.2) is 46.8 Å². The smallest absolute Gasteiger partial charge is 0.255 e. The van der Waals surface area contributed by atoms with Crippen molar-refractivity contribution in [2.24, 2.45) is 5.92 Å². The number of thiophene rings is 1. The molecule has 112 valence electrons. The van der Waals surface area contributed by atoms with Gasteiger partial charge in [0.25, 0.3) is 5.91 Å². The van der Waals surface area contributed by atoms with Crippen LogP contribution in [0.15, 0.2) is 16.8 Å². The first-order valence-corrected chi connectivity index (χ1v) is 8.81. The van der Waals surface area contributed by atoms with Gasteiger partial charge in [0, 0.05) is 24.9 Å². The third-order valence-corrected chi connectivity index (χ3v) is 5.75. The van der Waals surface area contributed by atoms with Gasteiger partial charge in [-0.3, -0.25) is 9.59 Å². The zero-order valence-electron chi connectivity index (χ0n) is 12.0. The first-order chi connectivity index (χ1) is 10.2. The maximum Gasteiger partial charge on any atom is 0.255 e. The first kappa shape index (κ1) is 13.3. The Bertz CT molecular complexity index is 553. The van der Waals surface area contributed by atoms with Gasteiger partial charge < -0.3 is 9.80 Å². The molecule has 0 aromatic carbocycles.